The Bertz CT molecular complexity index is 508. The van der Waals surface area contributed by atoms with E-state index >= 15 is 0 Å². The molecule has 1 aromatic rings. The van der Waals surface area contributed by atoms with Gasteiger partial charge in [-0.25, -0.2) is 12.8 Å². The molecule has 0 saturated carbocycles. The maximum Gasteiger partial charge on any atom is 0.181 e. The average molecular weight is 258 g/mol. The molecule has 0 aromatic heterocycles. The Hall–Kier alpha value is -1.23. The van der Waals surface area contributed by atoms with Gasteiger partial charge in [0.2, 0.25) is 0 Å². The third-order valence-electron chi connectivity index (χ3n) is 2.61. The zero-order chi connectivity index (χ0) is 13.1. The number of carbonyl (C=O) groups is 1. The van der Waals surface area contributed by atoms with Crippen LogP contribution in [0.4, 0.5) is 4.39 Å². The number of sulfone groups is 1. The molecule has 0 amide bonds. The van der Waals surface area contributed by atoms with Crippen LogP contribution in [0.3, 0.4) is 0 Å². The van der Waals surface area contributed by atoms with Gasteiger partial charge in [-0.05, 0) is 18.6 Å². The van der Waals surface area contributed by atoms with Crippen LogP contribution in [-0.2, 0) is 9.84 Å². The molecule has 1 atom stereocenters. The highest BCUT2D eigenvalue weighted by Crippen LogP contribution is 2.15. The molecular weight excluding hydrogens is 243 g/mol. The van der Waals surface area contributed by atoms with Crippen molar-refractivity contribution < 1.29 is 17.6 Å². The molecule has 5 heteroatoms. The van der Waals surface area contributed by atoms with Crippen LogP contribution in [0.25, 0.3) is 0 Å². The smallest absolute Gasteiger partial charge is 0.181 e. The number of hydrogen-bond donors (Lipinski definition) is 0. The van der Waals surface area contributed by atoms with Crippen LogP contribution >= 0.6 is 0 Å². The van der Waals surface area contributed by atoms with E-state index in [-0.39, 0.29) is 17.7 Å². The van der Waals surface area contributed by atoms with Crippen molar-refractivity contribution >= 4 is 15.6 Å². The maximum absolute atomic E-state index is 13.0. The fourth-order valence-corrected chi connectivity index (χ4v) is 3.00. The lowest BCUT2D eigenvalue weighted by molar-refractivity contribution is 0.0985. The summed E-state index contributed by atoms with van der Waals surface area (Å²) in [6.45, 7) is 3.13. The Kier molecular flexibility index (Phi) is 4.40. The van der Waals surface area contributed by atoms with Crippen molar-refractivity contribution in [2.24, 2.45) is 0 Å². The lowest BCUT2D eigenvalue weighted by Crippen LogP contribution is -2.31. The van der Waals surface area contributed by atoms with E-state index in [9.17, 15) is 17.6 Å². The number of Topliss-reactive ketones (excluding diaryl/α,β-unsaturated/α-hetero) is 1. The molecule has 0 N–H and O–H groups in total. The summed E-state index contributed by atoms with van der Waals surface area (Å²) >= 11 is 0. The van der Waals surface area contributed by atoms with Gasteiger partial charge in [0.15, 0.2) is 15.6 Å². The summed E-state index contributed by atoms with van der Waals surface area (Å²) in [6, 6.07) is 5.11. The normalized spacial score (nSPS) is 13.4. The van der Waals surface area contributed by atoms with Crippen molar-refractivity contribution in [1.82, 2.24) is 0 Å². The molecule has 0 bridgehead atoms. The van der Waals surface area contributed by atoms with E-state index in [1.54, 1.807) is 6.92 Å². The zero-order valence-electron chi connectivity index (χ0n) is 9.81. The fraction of sp³-hybridized carbons (Fsp3) is 0.417. The van der Waals surface area contributed by atoms with Gasteiger partial charge >= 0.3 is 0 Å². The van der Waals surface area contributed by atoms with E-state index < -0.39 is 26.7 Å². The van der Waals surface area contributed by atoms with Crippen LogP contribution in [0.1, 0.15) is 30.6 Å². The van der Waals surface area contributed by atoms with E-state index in [4.69, 9.17) is 0 Å². The summed E-state index contributed by atoms with van der Waals surface area (Å²) in [6.07, 6.45) is 0.200. The third-order valence-corrected chi connectivity index (χ3v) is 4.83. The first kappa shape index (κ1) is 13.8. The van der Waals surface area contributed by atoms with Gasteiger partial charge in [0.05, 0.1) is 0 Å². The van der Waals surface area contributed by atoms with Crippen molar-refractivity contribution in [2.75, 3.05) is 5.75 Å². The molecule has 0 aliphatic rings. The summed E-state index contributed by atoms with van der Waals surface area (Å²) < 4.78 is 36.4. The van der Waals surface area contributed by atoms with Gasteiger partial charge in [-0.15, -0.1) is 0 Å². The molecule has 0 fully saturated rings. The van der Waals surface area contributed by atoms with E-state index in [0.29, 0.717) is 0 Å². The summed E-state index contributed by atoms with van der Waals surface area (Å²) in [7, 11) is -3.44. The quantitative estimate of drug-likeness (QED) is 0.761. The second-order valence-corrected chi connectivity index (χ2v) is 6.20. The Labute approximate surface area is 101 Å². The largest absolute Gasteiger partial charge is 0.293 e. The van der Waals surface area contributed by atoms with E-state index in [1.165, 1.54) is 25.1 Å². The number of hydrogen-bond acceptors (Lipinski definition) is 3. The Morgan fingerprint density at radius 2 is 2.00 bits per heavy atom. The Balaban J connectivity index is 3.11. The maximum atomic E-state index is 13.0. The fourth-order valence-electron chi connectivity index (χ4n) is 1.63. The summed E-state index contributed by atoms with van der Waals surface area (Å²) in [5, 5.41) is -1.07. The molecule has 0 saturated heterocycles. The lowest BCUT2D eigenvalue weighted by atomic mass is 10.1. The first-order valence-electron chi connectivity index (χ1n) is 5.43. The third kappa shape index (κ3) is 3.12. The number of benzene rings is 1. The van der Waals surface area contributed by atoms with Crippen LogP contribution in [0.15, 0.2) is 24.3 Å². The van der Waals surface area contributed by atoms with Crippen LogP contribution in [-0.4, -0.2) is 25.2 Å². The topological polar surface area (TPSA) is 51.2 Å². The highest BCUT2D eigenvalue weighted by molar-refractivity contribution is 7.92. The minimum absolute atomic E-state index is 0.0907. The molecule has 0 radical (unpaired) electrons. The monoisotopic (exact) mass is 258 g/mol. The van der Waals surface area contributed by atoms with Gasteiger partial charge in [0, 0.05) is 11.3 Å². The molecule has 1 unspecified atom stereocenters. The average Bonchev–Trinajstić information content (AvgIpc) is 2.29. The second kappa shape index (κ2) is 5.40. The standard InChI is InChI=1S/C12H15FO3S/c1-3-11(17(15,16)4-2)12(14)9-6-5-7-10(13)8-9/h5-8,11H,3-4H2,1-2H3. The molecule has 0 aliphatic carbocycles. The summed E-state index contributed by atoms with van der Waals surface area (Å²) in [4.78, 5) is 12.0. The van der Waals surface area contributed by atoms with Crippen LogP contribution in [0.5, 0.6) is 0 Å². The SMILES string of the molecule is CCC(C(=O)c1cccc(F)c1)S(=O)(=O)CC. The van der Waals surface area contributed by atoms with Crippen molar-refractivity contribution in [2.45, 2.75) is 25.5 Å². The molecule has 17 heavy (non-hydrogen) atoms. The van der Waals surface area contributed by atoms with E-state index in [0.717, 1.165) is 6.07 Å². The van der Waals surface area contributed by atoms with Crippen molar-refractivity contribution in [1.29, 1.82) is 0 Å². The van der Waals surface area contributed by atoms with Gasteiger partial charge in [-0.3, -0.25) is 4.79 Å². The number of rotatable bonds is 5. The van der Waals surface area contributed by atoms with Gasteiger partial charge < -0.3 is 0 Å². The molecule has 94 valence electrons. The molecule has 1 aromatic carbocycles. The van der Waals surface area contributed by atoms with E-state index in [1.807, 2.05) is 0 Å². The van der Waals surface area contributed by atoms with Crippen LogP contribution < -0.4 is 0 Å². The predicted molar refractivity (Wildman–Crippen MR) is 64.3 cm³/mol. The minimum Gasteiger partial charge on any atom is -0.293 e. The number of halogens is 1. The summed E-state index contributed by atoms with van der Waals surface area (Å²) in [5.74, 6) is -1.17. The molecule has 0 spiro atoms. The Morgan fingerprint density at radius 1 is 1.35 bits per heavy atom. The first-order chi connectivity index (χ1) is 7.92. The second-order valence-electron chi connectivity index (χ2n) is 3.72. The summed E-state index contributed by atoms with van der Waals surface area (Å²) in [5.41, 5.74) is 0.105. The van der Waals surface area contributed by atoms with Gasteiger partial charge in [0.1, 0.15) is 11.1 Å². The molecule has 1 rings (SSSR count). The highest BCUT2D eigenvalue weighted by atomic mass is 32.2. The highest BCUT2D eigenvalue weighted by Gasteiger charge is 2.30. The molecule has 3 nitrogen and oxygen atoms in total. The number of carbonyl (C=O) groups excluding carboxylic acids is 1. The molecule has 0 heterocycles. The minimum atomic E-state index is -3.44. The lowest BCUT2D eigenvalue weighted by Gasteiger charge is -2.13. The van der Waals surface area contributed by atoms with Gasteiger partial charge in [-0.2, -0.15) is 0 Å². The molecular formula is C12H15FO3S. The van der Waals surface area contributed by atoms with Gasteiger partial charge in [-0.1, -0.05) is 26.0 Å². The van der Waals surface area contributed by atoms with E-state index in [2.05, 4.69) is 0 Å². The van der Waals surface area contributed by atoms with Crippen molar-refractivity contribution in [3.63, 3.8) is 0 Å². The van der Waals surface area contributed by atoms with Crippen molar-refractivity contribution in [3.8, 4) is 0 Å². The van der Waals surface area contributed by atoms with Crippen LogP contribution in [0.2, 0.25) is 0 Å². The Morgan fingerprint density at radius 3 is 2.47 bits per heavy atom. The molecule has 0 aliphatic heterocycles. The van der Waals surface area contributed by atoms with Gasteiger partial charge in [0.25, 0.3) is 0 Å². The number of ketones is 1. The predicted octanol–water partition coefficient (Wildman–Crippen LogP) is 2.22. The zero-order valence-corrected chi connectivity index (χ0v) is 10.6. The van der Waals surface area contributed by atoms with Crippen LogP contribution in [0, 0.1) is 5.82 Å². The first-order valence-corrected chi connectivity index (χ1v) is 7.15. The van der Waals surface area contributed by atoms with Crippen molar-refractivity contribution in [3.05, 3.63) is 35.6 Å².